The van der Waals surface area contributed by atoms with Crippen LogP contribution in [-0.4, -0.2) is 14.5 Å². The predicted molar refractivity (Wildman–Crippen MR) is 66.0 cm³/mol. The van der Waals surface area contributed by atoms with Crippen molar-refractivity contribution in [2.24, 2.45) is 7.05 Å². The van der Waals surface area contributed by atoms with Crippen molar-refractivity contribution in [1.82, 2.24) is 14.5 Å². The van der Waals surface area contributed by atoms with Crippen molar-refractivity contribution >= 4 is 45.1 Å². The van der Waals surface area contributed by atoms with Crippen LogP contribution in [0, 0.1) is 0 Å². The lowest BCUT2D eigenvalue weighted by molar-refractivity contribution is 1.00. The molecule has 0 amide bonds. The number of halogens is 2. The van der Waals surface area contributed by atoms with E-state index in [-0.39, 0.29) is 0 Å². The number of benzene rings is 1. The molecule has 0 unspecified atom stereocenters. The third kappa shape index (κ3) is 1.22. The zero-order valence-electron chi connectivity index (χ0n) is 8.41. The van der Waals surface area contributed by atoms with Crippen molar-refractivity contribution in [3.63, 3.8) is 0 Å². The van der Waals surface area contributed by atoms with Gasteiger partial charge >= 0.3 is 0 Å². The summed E-state index contributed by atoms with van der Waals surface area (Å²) in [7, 11) is 1.94. The van der Waals surface area contributed by atoms with Crippen molar-refractivity contribution in [3.05, 3.63) is 34.7 Å². The highest BCUT2D eigenvalue weighted by Gasteiger charge is 2.12. The Morgan fingerprint density at radius 3 is 2.81 bits per heavy atom. The second kappa shape index (κ2) is 3.34. The molecule has 1 aromatic carbocycles. The van der Waals surface area contributed by atoms with Crippen molar-refractivity contribution in [2.45, 2.75) is 0 Å². The third-order valence-electron chi connectivity index (χ3n) is 2.69. The van der Waals surface area contributed by atoms with E-state index in [0.29, 0.717) is 10.2 Å². The average molecular weight is 252 g/mol. The van der Waals surface area contributed by atoms with Crippen molar-refractivity contribution < 1.29 is 0 Å². The summed E-state index contributed by atoms with van der Waals surface area (Å²) in [6.45, 7) is 0. The maximum atomic E-state index is 6.07. The lowest BCUT2D eigenvalue weighted by atomic mass is 10.2. The Morgan fingerprint density at radius 2 is 2.00 bits per heavy atom. The zero-order chi connectivity index (χ0) is 11.3. The summed E-state index contributed by atoms with van der Waals surface area (Å²) in [5, 5.41) is 2.14. The van der Waals surface area contributed by atoms with Crippen LogP contribution >= 0.6 is 23.2 Å². The molecule has 3 nitrogen and oxygen atoms in total. The Labute approximate surface area is 102 Å². The highest BCUT2D eigenvalue weighted by Crippen LogP contribution is 2.31. The number of rotatable bonds is 0. The summed E-state index contributed by atoms with van der Waals surface area (Å²) >= 11 is 12.1. The Bertz CT molecular complexity index is 703. The number of aryl methyl sites for hydroxylation is 1. The molecule has 0 radical (unpaired) electrons. The molecule has 0 saturated carbocycles. The first kappa shape index (κ1) is 9.87. The maximum absolute atomic E-state index is 6.07. The smallest absolute Gasteiger partial charge is 0.156 e. The Hall–Kier alpha value is -1.32. The van der Waals surface area contributed by atoms with E-state index in [1.165, 1.54) is 6.33 Å². The minimum Gasteiger partial charge on any atom is -0.340 e. The predicted octanol–water partition coefficient (Wildman–Crippen LogP) is 3.43. The molecule has 3 aromatic rings. The van der Waals surface area contributed by atoms with E-state index in [1.807, 2.05) is 29.8 Å². The normalized spacial score (nSPS) is 11.4. The highest BCUT2D eigenvalue weighted by atomic mass is 35.5. The van der Waals surface area contributed by atoms with Gasteiger partial charge in [-0.3, -0.25) is 0 Å². The fourth-order valence-corrected chi connectivity index (χ4v) is 2.39. The van der Waals surface area contributed by atoms with E-state index in [1.54, 1.807) is 0 Å². The summed E-state index contributed by atoms with van der Waals surface area (Å²) in [5.41, 5.74) is 2.71. The van der Waals surface area contributed by atoms with Crippen LogP contribution in [0.25, 0.3) is 21.9 Å². The highest BCUT2D eigenvalue weighted by molar-refractivity contribution is 6.35. The molecular formula is C11H7Cl2N3. The van der Waals surface area contributed by atoms with E-state index in [9.17, 15) is 0 Å². The monoisotopic (exact) mass is 251 g/mol. The topological polar surface area (TPSA) is 30.7 Å². The van der Waals surface area contributed by atoms with Crippen LogP contribution in [0.15, 0.2) is 24.5 Å². The van der Waals surface area contributed by atoms with Gasteiger partial charge in [0.05, 0.1) is 5.52 Å². The molecule has 2 heterocycles. The fraction of sp³-hybridized carbons (Fsp3) is 0.0909. The van der Waals surface area contributed by atoms with Crippen LogP contribution in [0.5, 0.6) is 0 Å². The molecule has 0 N–H and O–H groups in total. The number of hydrogen-bond acceptors (Lipinski definition) is 2. The number of nitrogens with zero attached hydrogens (tertiary/aromatic N) is 3. The molecule has 5 heteroatoms. The molecule has 0 spiro atoms. The van der Waals surface area contributed by atoms with Gasteiger partial charge in [-0.1, -0.05) is 23.2 Å². The Balaban J connectivity index is 2.65. The van der Waals surface area contributed by atoms with Crippen LogP contribution < -0.4 is 0 Å². The van der Waals surface area contributed by atoms with E-state index in [4.69, 9.17) is 23.2 Å². The van der Waals surface area contributed by atoms with Gasteiger partial charge in [-0.2, -0.15) is 0 Å². The molecule has 80 valence electrons. The van der Waals surface area contributed by atoms with Gasteiger partial charge in [0.15, 0.2) is 5.15 Å². The van der Waals surface area contributed by atoms with Gasteiger partial charge < -0.3 is 4.57 Å². The van der Waals surface area contributed by atoms with Crippen molar-refractivity contribution in [3.8, 4) is 0 Å². The number of fused-ring (bicyclic) bond motifs is 3. The second-order valence-corrected chi connectivity index (χ2v) is 4.38. The van der Waals surface area contributed by atoms with E-state index in [2.05, 4.69) is 9.97 Å². The first-order valence-electron chi connectivity index (χ1n) is 4.72. The number of aromatic nitrogens is 3. The van der Waals surface area contributed by atoms with Gasteiger partial charge in [0.2, 0.25) is 0 Å². The average Bonchev–Trinajstić information content (AvgIpc) is 2.54. The van der Waals surface area contributed by atoms with E-state index >= 15 is 0 Å². The largest absolute Gasteiger partial charge is 0.340 e. The molecule has 0 aliphatic heterocycles. The van der Waals surface area contributed by atoms with Crippen LogP contribution in [0.1, 0.15) is 0 Å². The Kier molecular flexibility index (Phi) is 2.06. The summed E-state index contributed by atoms with van der Waals surface area (Å²) < 4.78 is 1.98. The molecule has 0 fully saturated rings. The second-order valence-electron chi connectivity index (χ2n) is 3.58. The summed E-state index contributed by atoms with van der Waals surface area (Å²) in [6, 6.07) is 5.70. The zero-order valence-corrected chi connectivity index (χ0v) is 9.92. The molecule has 0 saturated heterocycles. The van der Waals surface area contributed by atoms with Gasteiger partial charge in [0.25, 0.3) is 0 Å². The van der Waals surface area contributed by atoms with Crippen LogP contribution in [0.2, 0.25) is 10.2 Å². The summed E-state index contributed by atoms with van der Waals surface area (Å²) in [5.74, 6) is 0. The molecule has 0 aliphatic rings. The fourth-order valence-electron chi connectivity index (χ4n) is 1.96. The van der Waals surface area contributed by atoms with Gasteiger partial charge in [-0.25, -0.2) is 9.97 Å². The molecular weight excluding hydrogens is 245 g/mol. The molecule has 0 aliphatic carbocycles. The van der Waals surface area contributed by atoms with Crippen molar-refractivity contribution in [2.75, 3.05) is 0 Å². The summed E-state index contributed by atoms with van der Waals surface area (Å²) in [6.07, 6.45) is 1.46. The minimum atomic E-state index is 0.458. The van der Waals surface area contributed by atoms with Crippen LogP contribution in [-0.2, 0) is 7.05 Å². The van der Waals surface area contributed by atoms with E-state index in [0.717, 1.165) is 21.9 Å². The van der Waals surface area contributed by atoms with Gasteiger partial charge in [-0.05, 0) is 18.2 Å². The molecule has 2 aromatic heterocycles. The quantitative estimate of drug-likeness (QED) is 0.574. The minimum absolute atomic E-state index is 0.458. The standard InChI is InChI=1S/C11H7Cl2N3/c1-16-8-3-2-6(12)4-7(8)9-10(16)11(13)15-5-14-9/h2-5H,1H3. The lowest BCUT2D eigenvalue weighted by Crippen LogP contribution is -1.89. The van der Waals surface area contributed by atoms with Gasteiger partial charge in [0, 0.05) is 17.5 Å². The molecule has 0 atom stereocenters. The third-order valence-corrected chi connectivity index (χ3v) is 3.20. The van der Waals surface area contributed by atoms with Crippen LogP contribution in [0.4, 0.5) is 0 Å². The molecule has 16 heavy (non-hydrogen) atoms. The maximum Gasteiger partial charge on any atom is 0.156 e. The first-order chi connectivity index (χ1) is 7.68. The summed E-state index contributed by atoms with van der Waals surface area (Å²) in [4.78, 5) is 8.24. The van der Waals surface area contributed by atoms with Gasteiger partial charge in [0.1, 0.15) is 17.4 Å². The number of hydrogen-bond donors (Lipinski definition) is 0. The lowest BCUT2D eigenvalue weighted by Gasteiger charge is -1.97. The van der Waals surface area contributed by atoms with Crippen LogP contribution in [0.3, 0.4) is 0 Å². The molecule has 3 rings (SSSR count). The van der Waals surface area contributed by atoms with E-state index < -0.39 is 0 Å². The SMILES string of the molecule is Cn1c2ccc(Cl)cc2c2ncnc(Cl)c21. The first-order valence-corrected chi connectivity index (χ1v) is 5.48. The Morgan fingerprint density at radius 1 is 1.19 bits per heavy atom. The molecule has 0 bridgehead atoms. The van der Waals surface area contributed by atoms with Gasteiger partial charge in [-0.15, -0.1) is 0 Å². The van der Waals surface area contributed by atoms with Crippen molar-refractivity contribution in [1.29, 1.82) is 0 Å².